The van der Waals surface area contributed by atoms with Gasteiger partial charge in [0, 0.05) is 6.20 Å². The van der Waals surface area contributed by atoms with Crippen LogP contribution in [-0.4, -0.2) is 11.5 Å². The highest BCUT2D eigenvalue weighted by Crippen LogP contribution is 2.39. The quantitative estimate of drug-likeness (QED) is 0.858. The summed E-state index contributed by atoms with van der Waals surface area (Å²) >= 11 is 0. The van der Waals surface area contributed by atoms with Crippen molar-refractivity contribution in [3.05, 3.63) is 30.1 Å². The van der Waals surface area contributed by atoms with Gasteiger partial charge in [0.2, 0.25) is 0 Å². The minimum absolute atomic E-state index is 0.441. The number of hydrogen-bond donors (Lipinski definition) is 1. The third-order valence-electron chi connectivity index (χ3n) is 4.73. The van der Waals surface area contributed by atoms with Crippen molar-refractivity contribution in [2.45, 2.75) is 52.5 Å². The van der Waals surface area contributed by atoms with Gasteiger partial charge < -0.3 is 5.32 Å². The standard InChI is InChI=1S/C17H28N2/c1-4-10-19-17(16-7-5-6-11-18-16)15-9-8-13(2)14(3)12-15/h5-7,11,13-15,17,19H,4,8-10,12H2,1-3H3. The van der Waals surface area contributed by atoms with Crippen molar-refractivity contribution in [1.29, 1.82) is 0 Å². The van der Waals surface area contributed by atoms with Gasteiger partial charge in [0.05, 0.1) is 11.7 Å². The van der Waals surface area contributed by atoms with Crippen LogP contribution in [0.1, 0.15) is 58.2 Å². The molecule has 1 fully saturated rings. The van der Waals surface area contributed by atoms with Crippen molar-refractivity contribution in [2.24, 2.45) is 17.8 Å². The van der Waals surface area contributed by atoms with Crippen LogP contribution in [0, 0.1) is 17.8 Å². The Labute approximate surface area is 118 Å². The van der Waals surface area contributed by atoms with Gasteiger partial charge in [0.25, 0.3) is 0 Å². The molecule has 0 saturated heterocycles. The third kappa shape index (κ3) is 3.79. The van der Waals surface area contributed by atoms with Gasteiger partial charge in [-0.1, -0.05) is 33.3 Å². The molecule has 2 nitrogen and oxygen atoms in total. The van der Waals surface area contributed by atoms with Crippen LogP contribution < -0.4 is 5.32 Å². The van der Waals surface area contributed by atoms with Crippen LogP contribution in [0.4, 0.5) is 0 Å². The Morgan fingerprint density at radius 3 is 2.74 bits per heavy atom. The fraction of sp³-hybridized carbons (Fsp3) is 0.706. The second kappa shape index (κ2) is 7.04. The van der Waals surface area contributed by atoms with Gasteiger partial charge in [-0.25, -0.2) is 0 Å². The Kier molecular flexibility index (Phi) is 5.38. The number of pyridine rings is 1. The zero-order valence-corrected chi connectivity index (χ0v) is 12.6. The van der Waals surface area contributed by atoms with E-state index in [4.69, 9.17) is 0 Å². The molecule has 1 N–H and O–H groups in total. The summed E-state index contributed by atoms with van der Waals surface area (Å²) in [6, 6.07) is 6.73. The lowest BCUT2D eigenvalue weighted by molar-refractivity contribution is 0.169. The van der Waals surface area contributed by atoms with E-state index < -0.39 is 0 Å². The van der Waals surface area contributed by atoms with Crippen LogP contribution in [0.25, 0.3) is 0 Å². The molecule has 1 aliphatic carbocycles. The maximum absolute atomic E-state index is 4.59. The second-order valence-electron chi connectivity index (χ2n) is 6.21. The first-order valence-electron chi connectivity index (χ1n) is 7.86. The van der Waals surface area contributed by atoms with Crippen molar-refractivity contribution < 1.29 is 0 Å². The third-order valence-corrected chi connectivity index (χ3v) is 4.73. The van der Waals surface area contributed by atoms with E-state index >= 15 is 0 Å². The first-order valence-corrected chi connectivity index (χ1v) is 7.86. The van der Waals surface area contributed by atoms with E-state index in [9.17, 15) is 0 Å². The fourth-order valence-electron chi connectivity index (χ4n) is 3.26. The zero-order chi connectivity index (χ0) is 13.7. The zero-order valence-electron chi connectivity index (χ0n) is 12.6. The van der Waals surface area contributed by atoms with E-state index in [1.165, 1.54) is 31.4 Å². The highest BCUT2D eigenvalue weighted by Gasteiger charge is 2.31. The number of hydrogen-bond acceptors (Lipinski definition) is 2. The molecule has 4 atom stereocenters. The average Bonchev–Trinajstić information content (AvgIpc) is 2.44. The summed E-state index contributed by atoms with van der Waals surface area (Å²) in [7, 11) is 0. The Hall–Kier alpha value is -0.890. The van der Waals surface area contributed by atoms with Crippen LogP contribution in [0.3, 0.4) is 0 Å². The summed E-state index contributed by atoms with van der Waals surface area (Å²) < 4.78 is 0. The molecule has 0 aromatic carbocycles. The Balaban J connectivity index is 2.09. The van der Waals surface area contributed by atoms with Crippen molar-refractivity contribution in [1.82, 2.24) is 10.3 Å². The lowest BCUT2D eigenvalue weighted by Crippen LogP contribution is -2.34. The Morgan fingerprint density at radius 1 is 1.26 bits per heavy atom. The summed E-state index contributed by atoms with van der Waals surface area (Å²) in [4.78, 5) is 4.59. The summed E-state index contributed by atoms with van der Waals surface area (Å²) in [6.07, 6.45) is 7.14. The Morgan fingerprint density at radius 2 is 2.11 bits per heavy atom. The van der Waals surface area contributed by atoms with Gasteiger partial charge in [-0.2, -0.15) is 0 Å². The van der Waals surface area contributed by atoms with Gasteiger partial charge in [-0.3, -0.25) is 4.98 Å². The number of nitrogens with zero attached hydrogens (tertiary/aromatic N) is 1. The molecule has 1 heterocycles. The van der Waals surface area contributed by atoms with Crippen LogP contribution in [-0.2, 0) is 0 Å². The van der Waals surface area contributed by atoms with Gasteiger partial charge in [0.1, 0.15) is 0 Å². The monoisotopic (exact) mass is 260 g/mol. The van der Waals surface area contributed by atoms with Crippen molar-refractivity contribution in [3.63, 3.8) is 0 Å². The molecule has 2 heteroatoms. The molecule has 1 saturated carbocycles. The topological polar surface area (TPSA) is 24.9 Å². The summed E-state index contributed by atoms with van der Waals surface area (Å²) in [5.74, 6) is 2.47. The molecule has 19 heavy (non-hydrogen) atoms. The molecule has 1 aliphatic rings. The predicted molar refractivity (Wildman–Crippen MR) is 80.9 cm³/mol. The van der Waals surface area contributed by atoms with Crippen LogP contribution in [0.15, 0.2) is 24.4 Å². The van der Waals surface area contributed by atoms with E-state index in [0.717, 1.165) is 24.3 Å². The van der Waals surface area contributed by atoms with E-state index in [2.05, 4.69) is 43.2 Å². The molecule has 4 unspecified atom stereocenters. The van der Waals surface area contributed by atoms with Gasteiger partial charge in [0.15, 0.2) is 0 Å². The molecule has 106 valence electrons. The normalized spacial score (nSPS) is 29.1. The minimum atomic E-state index is 0.441. The molecule has 1 aromatic rings. The van der Waals surface area contributed by atoms with Crippen LogP contribution >= 0.6 is 0 Å². The van der Waals surface area contributed by atoms with E-state index in [-0.39, 0.29) is 0 Å². The first-order chi connectivity index (χ1) is 9.22. The SMILES string of the molecule is CCCNC(c1ccccn1)C1CCC(C)C(C)C1. The molecule has 0 aliphatic heterocycles. The summed E-state index contributed by atoms with van der Waals surface area (Å²) in [5.41, 5.74) is 1.22. The van der Waals surface area contributed by atoms with Gasteiger partial charge in [-0.05, 0) is 55.7 Å². The molecule has 0 amide bonds. The molecular weight excluding hydrogens is 232 g/mol. The van der Waals surface area contributed by atoms with E-state index in [1.54, 1.807) is 0 Å². The summed E-state index contributed by atoms with van der Waals surface area (Å²) in [6.45, 7) is 8.12. The molecular formula is C17H28N2. The lowest BCUT2D eigenvalue weighted by Gasteiger charge is -2.37. The molecule has 2 rings (SSSR count). The molecule has 0 radical (unpaired) electrons. The first kappa shape index (κ1) is 14.5. The van der Waals surface area contributed by atoms with Gasteiger partial charge in [-0.15, -0.1) is 0 Å². The molecule has 0 bridgehead atoms. The maximum atomic E-state index is 4.59. The highest BCUT2D eigenvalue weighted by molar-refractivity contribution is 5.10. The van der Waals surface area contributed by atoms with Crippen molar-refractivity contribution in [2.75, 3.05) is 6.54 Å². The number of nitrogens with one attached hydrogen (secondary N) is 1. The average molecular weight is 260 g/mol. The maximum Gasteiger partial charge on any atom is 0.0576 e. The molecule has 1 aromatic heterocycles. The van der Waals surface area contributed by atoms with Crippen LogP contribution in [0.2, 0.25) is 0 Å². The van der Waals surface area contributed by atoms with Crippen LogP contribution in [0.5, 0.6) is 0 Å². The van der Waals surface area contributed by atoms with E-state index in [1.807, 2.05) is 12.3 Å². The second-order valence-corrected chi connectivity index (χ2v) is 6.21. The summed E-state index contributed by atoms with van der Waals surface area (Å²) in [5, 5.41) is 3.73. The highest BCUT2D eigenvalue weighted by atomic mass is 14.9. The lowest BCUT2D eigenvalue weighted by atomic mass is 9.72. The Bertz CT molecular complexity index is 363. The van der Waals surface area contributed by atoms with E-state index in [0.29, 0.717) is 6.04 Å². The largest absolute Gasteiger partial charge is 0.308 e. The van der Waals surface area contributed by atoms with Gasteiger partial charge >= 0.3 is 0 Å². The smallest absolute Gasteiger partial charge is 0.0576 e. The number of rotatable bonds is 5. The minimum Gasteiger partial charge on any atom is -0.308 e. The fourth-order valence-corrected chi connectivity index (χ4v) is 3.26. The predicted octanol–water partition coefficient (Wildman–Crippen LogP) is 4.19. The molecule has 0 spiro atoms. The van der Waals surface area contributed by atoms with Crippen molar-refractivity contribution >= 4 is 0 Å². The van der Waals surface area contributed by atoms with Crippen molar-refractivity contribution in [3.8, 4) is 0 Å². The number of aromatic nitrogens is 1.